The highest BCUT2D eigenvalue weighted by Crippen LogP contribution is 2.70. The number of halogens is 2. The molecule has 1 aliphatic heterocycles. The topological polar surface area (TPSA) is 26.3 Å². The maximum absolute atomic E-state index is 13.3. The SMILES string of the molecule is O=C1c2c(I)cc(I)cc2OC2C3CC(C12)C1C2CCC(C2)C31. The summed E-state index contributed by atoms with van der Waals surface area (Å²) in [5.41, 5.74) is 0.875. The Kier molecular flexibility index (Phi) is 2.90. The fourth-order valence-electron chi connectivity index (χ4n) is 7.23. The van der Waals surface area contributed by atoms with E-state index in [-0.39, 0.29) is 12.0 Å². The van der Waals surface area contributed by atoms with Gasteiger partial charge in [0.15, 0.2) is 5.78 Å². The van der Waals surface area contributed by atoms with Gasteiger partial charge in [-0.3, -0.25) is 4.79 Å². The third kappa shape index (κ3) is 1.68. The van der Waals surface area contributed by atoms with Gasteiger partial charge in [0.1, 0.15) is 11.9 Å². The van der Waals surface area contributed by atoms with E-state index in [9.17, 15) is 4.79 Å². The highest BCUT2D eigenvalue weighted by molar-refractivity contribution is 14.1. The molecule has 8 atom stereocenters. The third-order valence-corrected chi connectivity index (χ3v) is 9.12. The van der Waals surface area contributed by atoms with Gasteiger partial charge in [-0.15, -0.1) is 0 Å². The maximum Gasteiger partial charge on any atom is 0.174 e. The Labute approximate surface area is 163 Å². The van der Waals surface area contributed by atoms with Crippen molar-refractivity contribution in [3.63, 3.8) is 0 Å². The van der Waals surface area contributed by atoms with Crippen molar-refractivity contribution in [3.05, 3.63) is 24.8 Å². The molecule has 4 bridgehead atoms. The van der Waals surface area contributed by atoms with Crippen LogP contribution >= 0.6 is 45.2 Å². The Hall–Kier alpha value is 0.150. The van der Waals surface area contributed by atoms with E-state index in [0.717, 1.165) is 42.1 Å². The van der Waals surface area contributed by atoms with E-state index < -0.39 is 0 Å². The number of carbonyl (C=O) groups is 1. The monoisotopic (exact) mass is 532 g/mol. The third-order valence-electron chi connectivity index (χ3n) is 7.65. The van der Waals surface area contributed by atoms with Gasteiger partial charge in [0.05, 0.1) is 11.5 Å². The second-order valence-corrected chi connectivity index (χ2v) is 10.7. The largest absolute Gasteiger partial charge is 0.489 e. The maximum atomic E-state index is 13.3. The molecule has 1 heterocycles. The van der Waals surface area contributed by atoms with Gasteiger partial charge in [-0.05, 0) is 113 Å². The Bertz CT molecular complexity index is 745. The Morgan fingerprint density at radius 3 is 2.52 bits per heavy atom. The minimum absolute atomic E-state index is 0.154. The van der Waals surface area contributed by atoms with Gasteiger partial charge < -0.3 is 4.74 Å². The van der Waals surface area contributed by atoms with E-state index >= 15 is 0 Å². The minimum atomic E-state index is 0.154. The predicted molar refractivity (Wildman–Crippen MR) is 104 cm³/mol. The summed E-state index contributed by atoms with van der Waals surface area (Å²) in [5, 5.41) is 0. The van der Waals surface area contributed by atoms with Gasteiger partial charge in [0, 0.05) is 13.1 Å². The van der Waals surface area contributed by atoms with Crippen LogP contribution in [0.2, 0.25) is 0 Å². The van der Waals surface area contributed by atoms with Crippen molar-refractivity contribution in [2.24, 2.45) is 41.4 Å². The van der Waals surface area contributed by atoms with Gasteiger partial charge in [-0.2, -0.15) is 0 Å². The van der Waals surface area contributed by atoms with Crippen molar-refractivity contribution in [1.82, 2.24) is 0 Å². The summed E-state index contributed by atoms with van der Waals surface area (Å²) in [6.07, 6.45) is 5.74. The van der Waals surface area contributed by atoms with E-state index in [1.54, 1.807) is 0 Å². The molecule has 4 heteroatoms. The van der Waals surface area contributed by atoms with Crippen LogP contribution in [0.3, 0.4) is 0 Å². The van der Waals surface area contributed by atoms with Crippen LogP contribution in [0.5, 0.6) is 5.75 Å². The lowest BCUT2D eigenvalue weighted by Gasteiger charge is -2.44. The van der Waals surface area contributed by atoms with Gasteiger partial charge in [-0.25, -0.2) is 0 Å². The normalized spacial score (nSPS) is 48.2. The zero-order valence-electron chi connectivity index (χ0n) is 12.7. The fraction of sp³-hybridized carbons (Fsp3) is 0.632. The first kappa shape index (κ1) is 14.3. The molecule has 2 nitrogen and oxygen atoms in total. The number of rotatable bonds is 0. The number of carbonyl (C=O) groups excluding carboxylic acids is 1. The molecule has 0 saturated heterocycles. The molecular weight excluding hydrogens is 514 g/mol. The van der Waals surface area contributed by atoms with E-state index in [1.807, 2.05) is 0 Å². The van der Waals surface area contributed by atoms with E-state index in [2.05, 4.69) is 57.3 Å². The van der Waals surface area contributed by atoms with Gasteiger partial charge in [-0.1, -0.05) is 0 Å². The first-order valence-corrected chi connectivity index (χ1v) is 11.0. The van der Waals surface area contributed by atoms with Crippen LogP contribution in [0.25, 0.3) is 0 Å². The summed E-state index contributed by atoms with van der Waals surface area (Å²) in [7, 11) is 0. The van der Waals surface area contributed by atoms with Gasteiger partial charge >= 0.3 is 0 Å². The average Bonchev–Trinajstić information content (AvgIpc) is 3.24. The zero-order chi connectivity index (χ0) is 15.5. The van der Waals surface area contributed by atoms with Gasteiger partial charge in [0.2, 0.25) is 0 Å². The first-order valence-electron chi connectivity index (χ1n) is 8.83. The lowest BCUT2D eigenvalue weighted by Crippen LogP contribution is -2.49. The van der Waals surface area contributed by atoms with Crippen LogP contribution in [-0.4, -0.2) is 11.9 Å². The fourth-order valence-corrected chi connectivity index (χ4v) is 9.28. The molecule has 1 aromatic rings. The minimum Gasteiger partial charge on any atom is -0.489 e. The molecular formula is C19H18I2O2. The zero-order valence-corrected chi connectivity index (χ0v) is 17.0. The van der Waals surface area contributed by atoms with E-state index in [1.165, 1.54) is 25.7 Å². The number of hydrogen-bond donors (Lipinski definition) is 0. The molecule has 4 aliphatic carbocycles. The smallest absolute Gasteiger partial charge is 0.174 e. The van der Waals surface area contributed by atoms with Crippen molar-refractivity contribution in [1.29, 1.82) is 0 Å². The van der Waals surface area contributed by atoms with Gasteiger partial charge in [0.25, 0.3) is 0 Å². The number of benzene rings is 1. The van der Waals surface area contributed by atoms with Crippen LogP contribution in [0.15, 0.2) is 12.1 Å². The Morgan fingerprint density at radius 2 is 1.74 bits per heavy atom. The van der Waals surface area contributed by atoms with Crippen molar-refractivity contribution < 1.29 is 9.53 Å². The molecule has 4 saturated carbocycles. The molecule has 0 amide bonds. The van der Waals surface area contributed by atoms with E-state index in [0.29, 0.717) is 17.6 Å². The molecule has 1 aromatic carbocycles. The van der Waals surface area contributed by atoms with Crippen molar-refractivity contribution >= 4 is 51.0 Å². The molecule has 0 aromatic heterocycles. The number of Topliss-reactive ketones (excluding diaryl/α,β-unsaturated/α-hetero) is 1. The van der Waals surface area contributed by atoms with Crippen LogP contribution in [-0.2, 0) is 0 Å². The average molecular weight is 532 g/mol. The molecule has 6 rings (SSSR count). The highest BCUT2D eigenvalue weighted by atomic mass is 127. The molecule has 0 N–H and O–H groups in total. The predicted octanol–water partition coefficient (Wildman–Crippen LogP) is 4.77. The second-order valence-electron chi connectivity index (χ2n) is 8.28. The number of ether oxygens (including phenoxy) is 1. The second kappa shape index (κ2) is 4.65. The quantitative estimate of drug-likeness (QED) is 0.356. The summed E-state index contributed by atoms with van der Waals surface area (Å²) in [5.74, 6) is 6.25. The van der Waals surface area contributed by atoms with Crippen LogP contribution in [0.1, 0.15) is 36.0 Å². The Balaban J connectivity index is 1.47. The lowest BCUT2D eigenvalue weighted by atomic mass is 9.64. The summed E-state index contributed by atoms with van der Waals surface area (Å²) in [6, 6.07) is 4.17. The molecule has 4 fully saturated rings. The van der Waals surface area contributed by atoms with Crippen LogP contribution in [0, 0.1) is 48.6 Å². The summed E-state index contributed by atoms with van der Waals surface area (Å²) in [6.45, 7) is 0. The summed E-state index contributed by atoms with van der Waals surface area (Å²) in [4.78, 5) is 13.3. The molecule has 5 aliphatic rings. The van der Waals surface area contributed by atoms with Crippen molar-refractivity contribution in [2.75, 3.05) is 0 Å². The van der Waals surface area contributed by atoms with Crippen LogP contribution < -0.4 is 4.74 Å². The lowest BCUT2D eigenvalue weighted by molar-refractivity contribution is -0.00374. The number of hydrogen-bond acceptors (Lipinski definition) is 2. The molecule has 0 spiro atoms. The number of fused-ring (bicyclic) bond motifs is 13. The Morgan fingerprint density at radius 1 is 1.00 bits per heavy atom. The summed E-state index contributed by atoms with van der Waals surface area (Å²) >= 11 is 4.64. The number of ketones is 1. The molecule has 8 unspecified atom stereocenters. The van der Waals surface area contributed by atoms with Crippen LogP contribution in [0.4, 0.5) is 0 Å². The van der Waals surface area contributed by atoms with Crippen molar-refractivity contribution in [2.45, 2.75) is 31.8 Å². The highest BCUT2D eigenvalue weighted by Gasteiger charge is 2.68. The standard InChI is InChI=1S/C19H18I2O2/c20-9-4-12(21)17-13(5-9)23-19-11-6-10(16(19)18(17)22)14-7-1-2-8(3-7)15(11)14/h4-5,7-8,10-11,14-16,19H,1-3,6H2. The summed E-state index contributed by atoms with van der Waals surface area (Å²) < 4.78 is 8.74. The molecule has 0 radical (unpaired) electrons. The van der Waals surface area contributed by atoms with E-state index in [4.69, 9.17) is 4.74 Å². The van der Waals surface area contributed by atoms with Crippen molar-refractivity contribution in [3.8, 4) is 5.75 Å². The first-order chi connectivity index (χ1) is 11.1. The molecule has 120 valence electrons. The molecule has 23 heavy (non-hydrogen) atoms.